The summed E-state index contributed by atoms with van der Waals surface area (Å²) in [5.41, 5.74) is 2.42. The lowest BCUT2D eigenvalue weighted by Gasteiger charge is -2.20. The van der Waals surface area contributed by atoms with E-state index in [1.807, 2.05) is 18.2 Å². The Morgan fingerprint density at radius 2 is 1.90 bits per heavy atom. The van der Waals surface area contributed by atoms with Crippen molar-refractivity contribution in [3.8, 4) is 0 Å². The van der Waals surface area contributed by atoms with Gasteiger partial charge in [0.05, 0.1) is 5.75 Å². The summed E-state index contributed by atoms with van der Waals surface area (Å²) in [6, 6.07) is 12.0. The zero-order valence-electron chi connectivity index (χ0n) is 16.9. The van der Waals surface area contributed by atoms with E-state index in [4.69, 9.17) is 11.6 Å². The summed E-state index contributed by atoms with van der Waals surface area (Å²) in [5, 5.41) is 7.20. The van der Waals surface area contributed by atoms with E-state index in [-0.39, 0.29) is 41.7 Å². The fourth-order valence-electron chi connectivity index (χ4n) is 3.37. The second kappa shape index (κ2) is 10.3. The Hall–Kier alpha value is -1.39. The molecule has 0 radical (unpaired) electrons. The zero-order chi connectivity index (χ0) is 21.1. The number of benzene rings is 2. The van der Waals surface area contributed by atoms with Gasteiger partial charge < -0.3 is 10.6 Å². The number of nitrogens with one attached hydrogen (secondary N) is 2. The molecule has 0 unspecified atom stereocenters. The molecular weight excluding hydrogens is 540 g/mol. The summed E-state index contributed by atoms with van der Waals surface area (Å²) in [7, 11) is -1.56. The highest BCUT2D eigenvalue weighted by molar-refractivity contribution is 14.0. The Morgan fingerprint density at radius 3 is 2.50 bits per heavy atom. The molecule has 0 spiro atoms. The van der Waals surface area contributed by atoms with Crippen LogP contribution in [-0.2, 0) is 27.5 Å². The van der Waals surface area contributed by atoms with E-state index in [9.17, 15) is 12.8 Å². The number of hydrogen-bond acceptors (Lipinski definition) is 3. The highest BCUT2D eigenvalue weighted by atomic mass is 127. The van der Waals surface area contributed by atoms with Gasteiger partial charge in [-0.05, 0) is 53.8 Å². The van der Waals surface area contributed by atoms with Crippen LogP contribution >= 0.6 is 35.6 Å². The molecule has 0 atom stereocenters. The van der Waals surface area contributed by atoms with Crippen LogP contribution in [0.3, 0.4) is 0 Å². The number of hydrogen-bond donors (Lipinski definition) is 2. The lowest BCUT2D eigenvalue weighted by Crippen LogP contribution is -2.41. The second-order valence-corrected chi connectivity index (χ2v) is 10.1. The van der Waals surface area contributed by atoms with Gasteiger partial charge in [-0.15, -0.1) is 24.0 Å². The van der Waals surface area contributed by atoms with Crippen LogP contribution in [0.4, 0.5) is 4.39 Å². The molecule has 2 aromatic rings. The van der Waals surface area contributed by atoms with Gasteiger partial charge in [0.1, 0.15) is 5.82 Å². The number of rotatable bonds is 7. The molecule has 1 aliphatic rings. The molecule has 5 nitrogen and oxygen atoms in total. The van der Waals surface area contributed by atoms with Gasteiger partial charge in [0.25, 0.3) is 0 Å². The second-order valence-electron chi connectivity index (χ2n) is 7.55. The Morgan fingerprint density at radius 1 is 1.17 bits per heavy atom. The molecule has 30 heavy (non-hydrogen) atoms. The lowest BCUT2D eigenvalue weighted by atomic mass is 9.96. The Labute approximate surface area is 199 Å². The normalized spacial score (nSPS) is 15.3. The number of aliphatic imine (C=N–C) groups is 1. The fourth-order valence-corrected chi connectivity index (χ4v) is 4.41. The number of nitrogens with zero attached hydrogens (tertiary/aromatic N) is 1. The van der Waals surface area contributed by atoms with Gasteiger partial charge in [0.2, 0.25) is 0 Å². The molecule has 3 rings (SSSR count). The molecular formula is C21H26ClFIN3O2S. The number of guanidine groups is 1. The molecule has 0 bridgehead atoms. The molecule has 2 aromatic carbocycles. The number of halogens is 3. The van der Waals surface area contributed by atoms with Gasteiger partial charge in [-0.1, -0.05) is 29.8 Å². The molecule has 0 saturated heterocycles. The zero-order valence-corrected chi connectivity index (χ0v) is 20.8. The molecule has 1 saturated carbocycles. The minimum absolute atomic E-state index is 0. The molecule has 2 N–H and O–H groups in total. The van der Waals surface area contributed by atoms with E-state index in [1.165, 1.54) is 30.0 Å². The highest BCUT2D eigenvalue weighted by Gasteiger charge is 2.44. The van der Waals surface area contributed by atoms with E-state index < -0.39 is 15.7 Å². The minimum Gasteiger partial charge on any atom is -0.356 e. The van der Waals surface area contributed by atoms with Crippen LogP contribution in [0.1, 0.15) is 29.5 Å². The molecule has 9 heteroatoms. The van der Waals surface area contributed by atoms with Crippen LogP contribution in [0.15, 0.2) is 47.5 Å². The largest absolute Gasteiger partial charge is 0.356 e. The smallest absolute Gasteiger partial charge is 0.191 e. The maximum Gasteiger partial charge on any atom is 0.191 e. The maximum absolute atomic E-state index is 13.7. The molecule has 0 amide bonds. The number of sulfone groups is 1. The molecule has 0 aliphatic heterocycles. The molecule has 164 valence electrons. The van der Waals surface area contributed by atoms with Crippen molar-refractivity contribution in [2.45, 2.75) is 30.6 Å². The predicted octanol–water partition coefficient (Wildman–Crippen LogP) is 4.04. The van der Waals surface area contributed by atoms with E-state index in [2.05, 4.69) is 21.7 Å². The molecule has 1 fully saturated rings. The van der Waals surface area contributed by atoms with Crippen molar-refractivity contribution in [3.63, 3.8) is 0 Å². The van der Waals surface area contributed by atoms with Crippen LogP contribution in [-0.4, -0.2) is 34.2 Å². The van der Waals surface area contributed by atoms with Crippen molar-refractivity contribution in [3.05, 3.63) is 70.0 Å². The Bertz CT molecular complexity index is 1030. The summed E-state index contributed by atoms with van der Waals surface area (Å²) in [4.78, 5) is 4.23. The summed E-state index contributed by atoms with van der Waals surface area (Å²) in [5.74, 6) is 0.0431. The minimum atomic E-state index is -3.22. The highest BCUT2D eigenvalue weighted by Crippen LogP contribution is 2.48. The lowest BCUT2D eigenvalue weighted by molar-refractivity contribution is 0.599. The Balaban J connectivity index is 0.00000320. The molecule has 0 aromatic heterocycles. The van der Waals surface area contributed by atoms with Gasteiger partial charge in [0, 0.05) is 36.8 Å². The standard InChI is InChI=1S/C21H25ClFN3O2S.HI/c1-24-20(26-14-21(8-9-21)17-4-3-5-18(22)11-17)25-12-16-10-19(23)7-6-15(16)13-29(2,27)28;/h3-7,10-11H,8-9,12-14H2,1-2H3,(H2,24,25,26);1H. The van der Waals surface area contributed by atoms with Crippen molar-refractivity contribution in [2.75, 3.05) is 19.8 Å². The van der Waals surface area contributed by atoms with Crippen molar-refractivity contribution in [1.29, 1.82) is 0 Å². The Kier molecular flexibility index (Phi) is 8.52. The fraction of sp³-hybridized carbons (Fsp3) is 0.381. The van der Waals surface area contributed by atoms with Crippen molar-refractivity contribution in [1.82, 2.24) is 10.6 Å². The van der Waals surface area contributed by atoms with E-state index in [1.54, 1.807) is 7.05 Å². The molecule has 0 heterocycles. The summed E-state index contributed by atoms with van der Waals surface area (Å²) in [6.07, 6.45) is 3.30. The van der Waals surface area contributed by atoms with Crippen LogP contribution < -0.4 is 10.6 Å². The third-order valence-corrected chi connectivity index (χ3v) is 6.21. The summed E-state index contributed by atoms with van der Waals surface area (Å²) >= 11 is 6.13. The van der Waals surface area contributed by atoms with Gasteiger partial charge in [-0.3, -0.25) is 4.99 Å². The first-order valence-electron chi connectivity index (χ1n) is 9.36. The maximum atomic E-state index is 13.7. The predicted molar refractivity (Wildman–Crippen MR) is 131 cm³/mol. The summed E-state index contributed by atoms with van der Waals surface area (Å²) < 4.78 is 37.0. The van der Waals surface area contributed by atoms with Crippen molar-refractivity contribution >= 4 is 51.4 Å². The average molecular weight is 566 g/mol. The van der Waals surface area contributed by atoms with Crippen LogP contribution in [0.5, 0.6) is 0 Å². The topological polar surface area (TPSA) is 70.6 Å². The van der Waals surface area contributed by atoms with Gasteiger partial charge in [-0.25, -0.2) is 12.8 Å². The third-order valence-electron chi connectivity index (χ3n) is 5.14. The first kappa shape index (κ1) is 24.9. The van der Waals surface area contributed by atoms with Gasteiger partial charge in [0.15, 0.2) is 15.8 Å². The van der Waals surface area contributed by atoms with Gasteiger partial charge in [-0.2, -0.15) is 0 Å². The van der Waals surface area contributed by atoms with E-state index >= 15 is 0 Å². The molecule has 1 aliphatic carbocycles. The van der Waals surface area contributed by atoms with Crippen LogP contribution in [0, 0.1) is 5.82 Å². The van der Waals surface area contributed by atoms with Crippen molar-refractivity contribution in [2.24, 2.45) is 4.99 Å². The SMILES string of the molecule is CN=C(NCc1cc(F)ccc1CS(C)(=O)=O)NCC1(c2cccc(Cl)c2)CC1.I. The van der Waals surface area contributed by atoms with Gasteiger partial charge >= 0.3 is 0 Å². The first-order valence-corrected chi connectivity index (χ1v) is 11.8. The third kappa shape index (κ3) is 6.81. The average Bonchev–Trinajstić information content (AvgIpc) is 3.44. The monoisotopic (exact) mass is 565 g/mol. The van der Waals surface area contributed by atoms with Crippen molar-refractivity contribution < 1.29 is 12.8 Å². The first-order chi connectivity index (χ1) is 13.7. The van der Waals surface area contributed by atoms with E-state index in [0.29, 0.717) is 23.6 Å². The van der Waals surface area contributed by atoms with Crippen LogP contribution in [0.2, 0.25) is 5.02 Å². The van der Waals surface area contributed by atoms with Crippen LogP contribution in [0.25, 0.3) is 0 Å². The quantitative estimate of drug-likeness (QED) is 0.302. The summed E-state index contributed by atoms with van der Waals surface area (Å²) in [6.45, 7) is 0.971. The van der Waals surface area contributed by atoms with E-state index in [0.717, 1.165) is 17.9 Å².